The van der Waals surface area contributed by atoms with Gasteiger partial charge in [0.25, 0.3) is 0 Å². The van der Waals surface area contributed by atoms with E-state index in [9.17, 15) is 4.39 Å². The van der Waals surface area contributed by atoms with Crippen molar-refractivity contribution < 1.29 is 4.39 Å². The van der Waals surface area contributed by atoms with Crippen LogP contribution in [0.2, 0.25) is 0 Å². The van der Waals surface area contributed by atoms with Gasteiger partial charge in [0.15, 0.2) is 5.65 Å². The Morgan fingerprint density at radius 1 is 1.07 bits per heavy atom. The molecule has 1 fully saturated rings. The summed E-state index contributed by atoms with van der Waals surface area (Å²) in [5, 5.41) is 6.79. The largest absolute Gasteiger partial charge is 0.357 e. The highest BCUT2D eigenvalue weighted by atomic mass is 32.1. The Hall–Kier alpha value is -2.61. The molecule has 3 aromatic rings. The van der Waals surface area contributed by atoms with Crippen molar-refractivity contribution in [1.82, 2.24) is 20.0 Å². The van der Waals surface area contributed by atoms with Gasteiger partial charge in [0.2, 0.25) is 5.95 Å². The van der Waals surface area contributed by atoms with Gasteiger partial charge in [-0.15, -0.1) is 11.3 Å². The molecule has 0 radical (unpaired) electrons. The van der Waals surface area contributed by atoms with Gasteiger partial charge in [-0.05, 0) is 37.1 Å². The van der Waals surface area contributed by atoms with Crippen molar-refractivity contribution in [3.8, 4) is 10.6 Å². The van der Waals surface area contributed by atoms with Crippen molar-refractivity contribution in [2.45, 2.75) is 25.3 Å². The number of hydrogen-bond donors (Lipinski definition) is 0. The van der Waals surface area contributed by atoms with Gasteiger partial charge in [0, 0.05) is 32.8 Å². The maximum atomic E-state index is 14.7. The number of pyridine rings is 2. The summed E-state index contributed by atoms with van der Waals surface area (Å²) in [5.74, 6) is 0.238. The summed E-state index contributed by atoms with van der Waals surface area (Å²) in [6.45, 7) is 1.89. The van der Waals surface area contributed by atoms with E-state index in [-0.39, 0.29) is 6.04 Å². The van der Waals surface area contributed by atoms with Crippen LogP contribution in [0.15, 0.2) is 29.4 Å². The zero-order chi connectivity index (χ0) is 18.4. The maximum absolute atomic E-state index is 14.7. The highest BCUT2D eigenvalue weighted by molar-refractivity contribution is 7.21. The third-order valence-electron chi connectivity index (χ3n) is 5.15. The predicted octanol–water partition coefficient (Wildman–Crippen LogP) is 3.86. The minimum atomic E-state index is -0.470. The molecule has 27 heavy (non-hydrogen) atoms. The molecule has 0 aliphatic carbocycles. The number of fused-ring (bicyclic) bond motifs is 1. The van der Waals surface area contributed by atoms with Crippen molar-refractivity contribution in [1.29, 1.82) is 0 Å². The van der Waals surface area contributed by atoms with Crippen LogP contribution in [0, 0.1) is 5.95 Å². The van der Waals surface area contributed by atoms with E-state index in [2.05, 4.69) is 20.0 Å². The lowest BCUT2D eigenvalue weighted by molar-refractivity contribution is 0.285. The first-order valence-corrected chi connectivity index (χ1v) is 9.95. The molecule has 3 aromatic heterocycles. The normalized spacial score (nSPS) is 19.6. The molecule has 0 amide bonds. The second kappa shape index (κ2) is 6.53. The first kappa shape index (κ1) is 16.6. The van der Waals surface area contributed by atoms with Crippen LogP contribution in [0.1, 0.15) is 31.0 Å². The highest BCUT2D eigenvalue weighted by Gasteiger charge is 2.22. The van der Waals surface area contributed by atoms with Gasteiger partial charge in [-0.3, -0.25) is 5.01 Å². The number of hydrazone groups is 1. The first-order valence-electron chi connectivity index (χ1n) is 9.14. The average Bonchev–Trinajstić information content (AvgIpc) is 3.41. The molecule has 0 N–H and O–H groups in total. The molecule has 1 atom stereocenters. The van der Waals surface area contributed by atoms with Crippen molar-refractivity contribution in [2.24, 2.45) is 5.10 Å². The molecule has 5 heterocycles. The molecular formula is C19H19FN6S. The summed E-state index contributed by atoms with van der Waals surface area (Å²) >= 11 is 1.44. The number of anilines is 1. The molecule has 1 unspecified atom stereocenters. The van der Waals surface area contributed by atoms with Crippen LogP contribution in [0.4, 0.5) is 10.2 Å². The molecule has 0 saturated carbocycles. The van der Waals surface area contributed by atoms with E-state index >= 15 is 0 Å². The van der Waals surface area contributed by atoms with Crippen LogP contribution in [0.3, 0.4) is 0 Å². The van der Waals surface area contributed by atoms with E-state index in [1.807, 2.05) is 36.5 Å². The fraction of sp³-hybridized carbons (Fsp3) is 0.368. The van der Waals surface area contributed by atoms with Crippen LogP contribution in [-0.2, 0) is 0 Å². The van der Waals surface area contributed by atoms with Crippen LogP contribution in [0.25, 0.3) is 20.9 Å². The molecule has 138 valence electrons. The van der Waals surface area contributed by atoms with E-state index < -0.39 is 5.95 Å². The van der Waals surface area contributed by atoms with Gasteiger partial charge in [-0.2, -0.15) is 9.49 Å². The number of nitrogens with zero attached hydrogens (tertiary/aromatic N) is 6. The Kier molecular flexibility index (Phi) is 4.00. The second-order valence-corrected chi connectivity index (χ2v) is 7.93. The van der Waals surface area contributed by atoms with Crippen molar-refractivity contribution >= 4 is 33.7 Å². The molecule has 2 aliphatic heterocycles. The van der Waals surface area contributed by atoms with E-state index in [4.69, 9.17) is 4.98 Å². The molecule has 2 aliphatic rings. The fourth-order valence-corrected chi connectivity index (χ4v) is 4.58. The van der Waals surface area contributed by atoms with Crippen LogP contribution in [0.5, 0.6) is 0 Å². The summed E-state index contributed by atoms with van der Waals surface area (Å²) in [6.07, 6.45) is 5.00. The SMILES string of the molecule is CN1N=CCC1c1ccc2sc(-c3ccc(N4CCCC4)nc3F)nc2n1. The molecule has 0 spiro atoms. The summed E-state index contributed by atoms with van der Waals surface area (Å²) in [6, 6.07) is 7.82. The lowest BCUT2D eigenvalue weighted by Crippen LogP contribution is -2.19. The van der Waals surface area contributed by atoms with Gasteiger partial charge in [-0.25, -0.2) is 15.0 Å². The van der Waals surface area contributed by atoms with Gasteiger partial charge in [0.1, 0.15) is 10.8 Å². The average molecular weight is 382 g/mol. The Bertz CT molecular complexity index is 1030. The second-order valence-electron chi connectivity index (χ2n) is 6.90. The summed E-state index contributed by atoms with van der Waals surface area (Å²) in [5.41, 5.74) is 2.02. The standard InChI is InChI=1S/C19H19FN6S/c1-25-14(8-9-21-25)13-5-6-15-18(22-13)24-19(27-15)12-4-7-16(23-17(12)20)26-10-2-3-11-26/h4-7,9,14H,2-3,8,10-11H2,1H3. The van der Waals surface area contributed by atoms with Gasteiger partial charge < -0.3 is 4.90 Å². The molecule has 1 saturated heterocycles. The molecule has 0 bridgehead atoms. The molecule has 6 nitrogen and oxygen atoms in total. The number of aromatic nitrogens is 3. The number of thiazole rings is 1. The summed E-state index contributed by atoms with van der Waals surface area (Å²) in [4.78, 5) is 15.6. The summed E-state index contributed by atoms with van der Waals surface area (Å²) < 4.78 is 15.6. The van der Waals surface area contributed by atoms with Crippen molar-refractivity contribution in [3.05, 3.63) is 35.9 Å². The van der Waals surface area contributed by atoms with Gasteiger partial charge in [-0.1, -0.05) is 0 Å². The number of halogens is 1. The molecule has 8 heteroatoms. The van der Waals surface area contributed by atoms with Crippen molar-refractivity contribution in [2.75, 3.05) is 25.0 Å². The van der Waals surface area contributed by atoms with Crippen molar-refractivity contribution in [3.63, 3.8) is 0 Å². The van der Waals surface area contributed by atoms with Crippen LogP contribution in [-0.4, -0.2) is 46.3 Å². The Balaban J connectivity index is 1.48. The number of rotatable bonds is 3. The van der Waals surface area contributed by atoms with E-state index in [0.29, 0.717) is 22.0 Å². The van der Waals surface area contributed by atoms with Gasteiger partial charge in [0.05, 0.1) is 22.0 Å². The topological polar surface area (TPSA) is 57.5 Å². The lowest BCUT2D eigenvalue weighted by atomic mass is 10.1. The van der Waals surface area contributed by atoms with Gasteiger partial charge >= 0.3 is 0 Å². The zero-order valence-electron chi connectivity index (χ0n) is 15.0. The minimum absolute atomic E-state index is 0.137. The number of hydrogen-bond acceptors (Lipinski definition) is 7. The van der Waals surface area contributed by atoms with E-state index in [0.717, 1.165) is 42.7 Å². The quantitative estimate of drug-likeness (QED) is 0.644. The minimum Gasteiger partial charge on any atom is -0.357 e. The molecule has 5 rings (SSSR count). The third kappa shape index (κ3) is 2.93. The molecular weight excluding hydrogens is 363 g/mol. The Labute approximate surface area is 160 Å². The van der Waals surface area contributed by atoms with E-state index in [1.54, 1.807) is 6.07 Å². The lowest BCUT2D eigenvalue weighted by Gasteiger charge is -2.17. The van der Waals surface area contributed by atoms with E-state index in [1.165, 1.54) is 11.3 Å². The molecule has 0 aromatic carbocycles. The Morgan fingerprint density at radius 3 is 2.67 bits per heavy atom. The zero-order valence-corrected chi connectivity index (χ0v) is 15.8. The monoisotopic (exact) mass is 382 g/mol. The highest BCUT2D eigenvalue weighted by Crippen LogP contribution is 2.33. The van der Waals surface area contributed by atoms with Crippen LogP contribution >= 0.6 is 11.3 Å². The first-order chi connectivity index (χ1) is 13.2. The fourth-order valence-electron chi connectivity index (χ4n) is 3.66. The smallest absolute Gasteiger partial charge is 0.225 e. The summed E-state index contributed by atoms with van der Waals surface area (Å²) in [7, 11) is 1.94. The maximum Gasteiger partial charge on any atom is 0.225 e. The predicted molar refractivity (Wildman–Crippen MR) is 106 cm³/mol. The Morgan fingerprint density at radius 2 is 1.93 bits per heavy atom. The third-order valence-corrected chi connectivity index (χ3v) is 6.20. The van der Waals surface area contributed by atoms with Crippen LogP contribution < -0.4 is 4.90 Å².